The normalized spacial score (nSPS) is 18.7. The summed E-state index contributed by atoms with van der Waals surface area (Å²) in [5.74, 6) is 0.906. The molecule has 0 saturated carbocycles. The number of fused-ring (bicyclic) bond motifs is 1. The zero-order chi connectivity index (χ0) is 15.8. The summed E-state index contributed by atoms with van der Waals surface area (Å²) in [6.45, 7) is 4.06. The van der Waals surface area contributed by atoms with Crippen molar-refractivity contribution in [3.63, 3.8) is 0 Å². The Labute approximate surface area is 140 Å². The second-order valence-electron chi connectivity index (χ2n) is 5.99. The number of nitrogens with one attached hydrogen (secondary N) is 1. The van der Waals surface area contributed by atoms with Crippen LogP contribution in [0, 0.1) is 13.0 Å². The summed E-state index contributed by atoms with van der Waals surface area (Å²) < 4.78 is 2.28. The van der Waals surface area contributed by atoms with Gasteiger partial charge in [-0.3, -0.25) is 0 Å². The van der Waals surface area contributed by atoms with E-state index in [1.807, 2.05) is 31.2 Å². The monoisotopic (exact) mass is 325 g/mol. The summed E-state index contributed by atoms with van der Waals surface area (Å²) >= 11 is 6.41. The van der Waals surface area contributed by atoms with Gasteiger partial charge in [0.15, 0.2) is 16.5 Å². The van der Waals surface area contributed by atoms with Crippen LogP contribution in [0.4, 0.5) is 0 Å². The number of piperidine rings is 1. The van der Waals surface area contributed by atoms with Gasteiger partial charge in [-0.25, -0.2) is 9.97 Å². The molecule has 1 saturated heterocycles. The van der Waals surface area contributed by atoms with Crippen LogP contribution in [0.3, 0.4) is 0 Å². The summed E-state index contributed by atoms with van der Waals surface area (Å²) in [5, 5.41) is 4.10. The number of aryl methyl sites for hydroxylation is 1. The van der Waals surface area contributed by atoms with E-state index in [9.17, 15) is 0 Å². The zero-order valence-corrected chi connectivity index (χ0v) is 13.8. The van der Waals surface area contributed by atoms with Gasteiger partial charge in [0, 0.05) is 29.4 Å². The molecule has 4 nitrogen and oxygen atoms in total. The van der Waals surface area contributed by atoms with Crippen molar-refractivity contribution in [1.82, 2.24) is 19.9 Å². The number of hydrogen-bond acceptors (Lipinski definition) is 3. The van der Waals surface area contributed by atoms with Crippen LogP contribution in [0.1, 0.15) is 30.4 Å². The third-order valence-electron chi connectivity index (χ3n) is 4.40. The van der Waals surface area contributed by atoms with Crippen molar-refractivity contribution >= 4 is 28.3 Å². The molecule has 1 N–H and O–H groups in total. The Morgan fingerprint density at radius 1 is 1.26 bits per heavy atom. The fourth-order valence-electron chi connectivity index (χ4n) is 3.26. The maximum absolute atomic E-state index is 6.41. The van der Waals surface area contributed by atoms with Gasteiger partial charge in [-0.15, -0.1) is 0 Å². The number of halogens is 1. The predicted octanol–water partition coefficient (Wildman–Crippen LogP) is 3.54. The number of nitrogens with zero attached hydrogens (tertiary/aromatic N) is 3. The SMILES string of the molecule is Cc1ccc2nc(C3=C(Cl)C=[C+]C=C3)n(C3CCNCC3)c2n1. The van der Waals surface area contributed by atoms with E-state index in [1.165, 1.54) is 0 Å². The number of rotatable bonds is 2. The third-order valence-corrected chi connectivity index (χ3v) is 4.72. The van der Waals surface area contributed by atoms with Gasteiger partial charge in [0.05, 0.1) is 6.08 Å². The maximum Gasteiger partial charge on any atom is 0.171 e. The Morgan fingerprint density at radius 3 is 2.87 bits per heavy atom. The molecule has 2 aliphatic rings. The minimum Gasteiger partial charge on any atom is -0.317 e. The molecule has 2 aromatic heterocycles. The number of allylic oxidation sites excluding steroid dienone is 6. The summed E-state index contributed by atoms with van der Waals surface area (Å²) in [5.41, 5.74) is 3.83. The first-order valence-corrected chi connectivity index (χ1v) is 8.34. The molecule has 2 aromatic rings. The molecule has 4 rings (SSSR count). The highest BCUT2D eigenvalue weighted by molar-refractivity contribution is 6.35. The lowest BCUT2D eigenvalue weighted by Crippen LogP contribution is -2.30. The van der Waals surface area contributed by atoms with Crippen LogP contribution < -0.4 is 5.32 Å². The lowest BCUT2D eigenvalue weighted by molar-refractivity contribution is 0.371. The van der Waals surface area contributed by atoms with Crippen LogP contribution in [0.5, 0.6) is 0 Å². The molecule has 116 valence electrons. The fraction of sp³-hybridized carbons (Fsp3) is 0.333. The Bertz CT molecular complexity index is 838. The molecule has 0 unspecified atom stereocenters. The molecule has 1 fully saturated rings. The van der Waals surface area contributed by atoms with Gasteiger partial charge in [0.25, 0.3) is 0 Å². The molecule has 1 aliphatic carbocycles. The van der Waals surface area contributed by atoms with Crippen molar-refractivity contribution in [3.05, 3.63) is 53.0 Å². The van der Waals surface area contributed by atoms with Crippen molar-refractivity contribution in [2.75, 3.05) is 13.1 Å². The maximum atomic E-state index is 6.41. The fourth-order valence-corrected chi connectivity index (χ4v) is 3.47. The van der Waals surface area contributed by atoms with Gasteiger partial charge in [0.1, 0.15) is 23.2 Å². The first kappa shape index (κ1) is 14.6. The quantitative estimate of drug-likeness (QED) is 0.859. The van der Waals surface area contributed by atoms with Crippen molar-refractivity contribution in [3.8, 4) is 0 Å². The smallest absolute Gasteiger partial charge is 0.171 e. The second-order valence-corrected chi connectivity index (χ2v) is 6.40. The highest BCUT2D eigenvalue weighted by Gasteiger charge is 2.27. The van der Waals surface area contributed by atoms with Crippen molar-refractivity contribution in [2.45, 2.75) is 25.8 Å². The van der Waals surface area contributed by atoms with E-state index < -0.39 is 0 Å². The highest BCUT2D eigenvalue weighted by atomic mass is 35.5. The number of imidazole rings is 1. The van der Waals surface area contributed by atoms with Crippen molar-refractivity contribution in [2.24, 2.45) is 0 Å². The van der Waals surface area contributed by atoms with E-state index in [0.717, 1.165) is 54.2 Å². The van der Waals surface area contributed by atoms with E-state index in [0.29, 0.717) is 11.1 Å². The van der Waals surface area contributed by atoms with Gasteiger partial charge in [-0.1, -0.05) is 0 Å². The topological polar surface area (TPSA) is 42.7 Å². The molecule has 5 heteroatoms. The largest absolute Gasteiger partial charge is 0.317 e. The van der Waals surface area contributed by atoms with Crippen LogP contribution in [0.25, 0.3) is 16.7 Å². The molecule has 0 amide bonds. The molecule has 23 heavy (non-hydrogen) atoms. The molecule has 0 atom stereocenters. The Hall–Kier alpha value is -2.00. The second kappa shape index (κ2) is 5.89. The Morgan fingerprint density at radius 2 is 2.09 bits per heavy atom. The average molecular weight is 326 g/mol. The van der Waals surface area contributed by atoms with Gasteiger partial charge < -0.3 is 9.88 Å². The molecule has 0 aromatic carbocycles. The van der Waals surface area contributed by atoms with Gasteiger partial charge in [-0.2, -0.15) is 0 Å². The minimum atomic E-state index is 0.394. The van der Waals surface area contributed by atoms with Gasteiger partial charge in [-0.05, 0) is 45.0 Å². The number of hydrogen-bond donors (Lipinski definition) is 1. The van der Waals surface area contributed by atoms with Gasteiger partial charge in [0.2, 0.25) is 0 Å². The van der Waals surface area contributed by atoms with Crippen molar-refractivity contribution < 1.29 is 0 Å². The average Bonchev–Trinajstić information content (AvgIpc) is 2.94. The summed E-state index contributed by atoms with van der Waals surface area (Å²) in [6.07, 6.45) is 10.8. The standard InChI is InChI=1S/C18H18ClN4/c1-12-6-7-16-18(21-12)23(13-8-10-20-11-9-13)17(22-16)14-4-2-3-5-15(14)19/h2,4-7,13,20H,8-11H2,1H3/q+1. The first-order chi connectivity index (χ1) is 11.2. The van der Waals surface area contributed by atoms with E-state index in [2.05, 4.69) is 16.0 Å². The van der Waals surface area contributed by atoms with Crippen LogP contribution in [0.2, 0.25) is 0 Å². The van der Waals surface area contributed by atoms with Gasteiger partial charge >= 0.3 is 0 Å². The van der Waals surface area contributed by atoms with E-state index in [-0.39, 0.29) is 0 Å². The van der Waals surface area contributed by atoms with Crippen LogP contribution in [0.15, 0.2) is 35.4 Å². The number of pyridine rings is 1. The van der Waals surface area contributed by atoms with Crippen LogP contribution in [-0.2, 0) is 0 Å². The molecular formula is C18H18ClN4+. The van der Waals surface area contributed by atoms with E-state index in [1.54, 1.807) is 6.08 Å². The predicted molar refractivity (Wildman–Crippen MR) is 93.1 cm³/mol. The lowest BCUT2D eigenvalue weighted by Gasteiger charge is -2.25. The summed E-state index contributed by atoms with van der Waals surface area (Å²) in [6, 6.07) is 4.44. The van der Waals surface area contributed by atoms with Crippen molar-refractivity contribution in [1.29, 1.82) is 0 Å². The van der Waals surface area contributed by atoms with E-state index >= 15 is 0 Å². The Kier molecular flexibility index (Phi) is 3.74. The third kappa shape index (κ3) is 2.59. The highest BCUT2D eigenvalue weighted by Crippen LogP contribution is 2.33. The molecule has 3 heterocycles. The molecule has 0 radical (unpaired) electrons. The number of aromatic nitrogens is 3. The molecular weight excluding hydrogens is 308 g/mol. The Balaban J connectivity index is 1.96. The molecule has 0 spiro atoms. The summed E-state index contributed by atoms with van der Waals surface area (Å²) in [4.78, 5) is 9.60. The first-order valence-electron chi connectivity index (χ1n) is 7.96. The molecule has 1 aliphatic heterocycles. The molecule has 0 bridgehead atoms. The van der Waals surface area contributed by atoms with E-state index in [4.69, 9.17) is 21.6 Å². The van der Waals surface area contributed by atoms with Crippen LogP contribution in [-0.4, -0.2) is 27.6 Å². The van der Waals surface area contributed by atoms with Crippen LogP contribution >= 0.6 is 11.6 Å². The minimum absolute atomic E-state index is 0.394. The summed E-state index contributed by atoms with van der Waals surface area (Å²) in [7, 11) is 0. The zero-order valence-electron chi connectivity index (χ0n) is 13.0. The lowest BCUT2D eigenvalue weighted by atomic mass is 10.0.